The molecule has 0 bridgehead atoms. The van der Waals surface area contributed by atoms with Crippen molar-refractivity contribution in [1.82, 2.24) is 0 Å². The third-order valence-corrected chi connectivity index (χ3v) is 5.14. The minimum atomic E-state index is -0.384. The Morgan fingerprint density at radius 2 is 1.56 bits per heavy atom. The molecule has 0 saturated heterocycles. The minimum absolute atomic E-state index is 0.251. The van der Waals surface area contributed by atoms with Crippen LogP contribution in [0.15, 0.2) is 66.7 Å². The van der Waals surface area contributed by atoms with Crippen LogP contribution in [0.4, 0.5) is 0 Å². The first-order chi connectivity index (χ1) is 13.2. The van der Waals surface area contributed by atoms with E-state index in [1.54, 1.807) is 7.11 Å². The van der Waals surface area contributed by atoms with Gasteiger partial charge in [-0.3, -0.25) is 0 Å². The summed E-state index contributed by atoms with van der Waals surface area (Å²) in [4.78, 5) is 12.0. The van der Waals surface area contributed by atoms with E-state index in [0.29, 0.717) is 11.3 Å². The first kappa shape index (κ1) is 17.3. The highest BCUT2D eigenvalue weighted by atomic mass is 16.5. The SMILES string of the molecule is COC(=O)c1cc(C[NH2+]C2c3ccccc3-c3ccccc32)ccc1OC. The van der Waals surface area contributed by atoms with E-state index in [4.69, 9.17) is 9.47 Å². The molecule has 3 aromatic rings. The molecule has 0 saturated carbocycles. The van der Waals surface area contributed by atoms with Crippen LogP contribution in [0.3, 0.4) is 0 Å². The van der Waals surface area contributed by atoms with Gasteiger partial charge in [-0.2, -0.15) is 0 Å². The molecule has 4 rings (SSSR count). The fourth-order valence-corrected chi connectivity index (χ4v) is 3.85. The molecule has 2 N–H and O–H groups in total. The molecule has 1 aliphatic carbocycles. The smallest absolute Gasteiger partial charge is 0.341 e. The number of ether oxygens (including phenoxy) is 2. The molecule has 4 heteroatoms. The Labute approximate surface area is 158 Å². The number of quaternary nitrogens is 1. The van der Waals surface area contributed by atoms with Gasteiger partial charge in [0, 0.05) is 16.7 Å². The van der Waals surface area contributed by atoms with Crippen LogP contribution in [-0.4, -0.2) is 20.2 Å². The topological polar surface area (TPSA) is 52.1 Å². The lowest BCUT2D eigenvalue weighted by Crippen LogP contribution is -2.83. The zero-order valence-electron chi connectivity index (χ0n) is 15.4. The van der Waals surface area contributed by atoms with Crippen LogP contribution >= 0.6 is 0 Å². The van der Waals surface area contributed by atoms with Crippen molar-refractivity contribution in [3.8, 4) is 16.9 Å². The van der Waals surface area contributed by atoms with Crippen LogP contribution in [0.25, 0.3) is 11.1 Å². The Hall–Kier alpha value is -3.11. The summed E-state index contributed by atoms with van der Waals surface area (Å²) in [5, 5.41) is 2.31. The maximum atomic E-state index is 12.0. The maximum Gasteiger partial charge on any atom is 0.341 e. The monoisotopic (exact) mass is 360 g/mol. The third-order valence-electron chi connectivity index (χ3n) is 5.14. The molecule has 0 atom stereocenters. The van der Waals surface area contributed by atoms with Crippen molar-refractivity contribution < 1.29 is 19.6 Å². The number of nitrogens with two attached hydrogens (primary N) is 1. The van der Waals surface area contributed by atoms with Crippen molar-refractivity contribution in [2.45, 2.75) is 12.6 Å². The van der Waals surface area contributed by atoms with E-state index in [9.17, 15) is 4.79 Å². The van der Waals surface area contributed by atoms with Crippen LogP contribution in [0.5, 0.6) is 5.75 Å². The van der Waals surface area contributed by atoms with E-state index in [0.717, 1.165) is 12.1 Å². The molecule has 0 radical (unpaired) electrons. The lowest BCUT2D eigenvalue weighted by molar-refractivity contribution is -0.701. The van der Waals surface area contributed by atoms with E-state index in [-0.39, 0.29) is 12.0 Å². The highest BCUT2D eigenvalue weighted by Gasteiger charge is 2.30. The Kier molecular flexibility index (Phi) is 4.65. The summed E-state index contributed by atoms with van der Waals surface area (Å²) in [7, 11) is 2.94. The molecule has 0 aromatic heterocycles. The zero-order valence-corrected chi connectivity index (χ0v) is 15.4. The summed E-state index contributed by atoms with van der Waals surface area (Å²) in [5.74, 6) is 0.146. The summed E-state index contributed by atoms with van der Waals surface area (Å²) in [6.07, 6.45) is 0. The van der Waals surface area contributed by atoms with Gasteiger partial charge in [-0.1, -0.05) is 48.5 Å². The zero-order chi connectivity index (χ0) is 18.8. The summed E-state index contributed by atoms with van der Waals surface area (Å²) in [5.41, 5.74) is 6.79. The summed E-state index contributed by atoms with van der Waals surface area (Å²) >= 11 is 0. The van der Waals surface area contributed by atoms with Crippen LogP contribution in [-0.2, 0) is 11.3 Å². The first-order valence-electron chi connectivity index (χ1n) is 8.99. The standard InChI is InChI=1S/C23H21NO3/c1-26-21-12-11-15(13-20(21)23(25)27-2)14-24-22-18-9-5-3-7-16(18)17-8-4-6-10-19(17)22/h3-13,22,24H,14H2,1-2H3/p+1. The molecular formula is C23H22NO3+. The van der Waals surface area contributed by atoms with Crippen molar-refractivity contribution in [2.24, 2.45) is 0 Å². The van der Waals surface area contributed by atoms with Gasteiger partial charge in [-0.05, 0) is 29.3 Å². The minimum Gasteiger partial charge on any atom is -0.496 e. The van der Waals surface area contributed by atoms with Crippen LogP contribution in [0.2, 0.25) is 0 Å². The Balaban J connectivity index is 1.62. The average Bonchev–Trinajstić information content (AvgIpc) is 3.05. The molecule has 136 valence electrons. The van der Waals surface area contributed by atoms with Crippen LogP contribution < -0.4 is 10.1 Å². The van der Waals surface area contributed by atoms with Gasteiger partial charge in [0.15, 0.2) is 0 Å². The first-order valence-corrected chi connectivity index (χ1v) is 8.99. The summed E-state index contributed by atoms with van der Waals surface area (Å²) < 4.78 is 10.2. The van der Waals surface area contributed by atoms with Gasteiger partial charge in [-0.25, -0.2) is 4.79 Å². The fourth-order valence-electron chi connectivity index (χ4n) is 3.85. The number of fused-ring (bicyclic) bond motifs is 3. The predicted molar refractivity (Wildman–Crippen MR) is 104 cm³/mol. The largest absolute Gasteiger partial charge is 0.496 e. The maximum absolute atomic E-state index is 12.0. The molecular weight excluding hydrogens is 338 g/mol. The van der Waals surface area contributed by atoms with Crippen LogP contribution in [0, 0.1) is 0 Å². The number of esters is 1. The highest BCUT2D eigenvalue weighted by molar-refractivity contribution is 5.92. The molecule has 0 spiro atoms. The average molecular weight is 360 g/mol. The van der Waals surface area contributed by atoms with Crippen molar-refractivity contribution in [2.75, 3.05) is 14.2 Å². The summed E-state index contributed by atoms with van der Waals surface area (Å²) in [6, 6.07) is 23.1. The lowest BCUT2D eigenvalue weighted by Gasteiger charge is -2.14. The predicted octanol–water partition coefficient (Wildman–Crippen LogP) is 3.32. The molecule has 0 unspecified atom stereocenters. The van der Waals surface area contributed by atoms with Gasteiger partial charge in [0.25, 0.3) is 0 Å². The fraction of sp³-hybridized carbons (Fsp3) is 0.174. The molecule has 0 fully saturated rings. The lowest BCUT2D eigenvalue weighted by atomic mass is 10.0. The summed E-state index contributed by atoms with van der Waals surface area (Å²) in [6.45, 7) is 0.751. The van der Waals surface area contributed by atoms with Gasteiger partial charge in [0.1, 0.15) is 23.9 Å². The molecule has 0 amide bonds. The quantitative estimate of drug-likeness (QED) is 0.710. The van der Waals surface area contributed by atoms with E-state index in [1.165, 1.54) is 29.4 Å². The van der Waals surface area contributed by atoms with Crippen molar-refractivity contribution in [3.63, 3.8) is 0 Å². The van der Waals surface area contributed by atoms with Gasteiger partial charge in [0.2, 0.25) is 0 Å². The van der Waals surface area contributed by atoms with E-state index < -0.39 is 0 Å². The van der Waals surface area contributed by atoms with Gasteiger partial charge < -0.3 is 14.8 Å². The van der Waals surface area contributed by atoms with Gasteiger partial charge in [-0.15, -0.1) is 0 Å². The third kappa shape index (κ3) is 3.09. The Morgan fingerprint density at radius 1 is 0.926 bits per heavy atom. The molecule has 0 aliphatic heterocycles. The molecule has 3 aromatic carbocycles. The number of methoxy groups -OCH3 is 2. The van der Waals surface area contributed by atoms with Gasteiger partial charge >= 0.3 is 5.97 Å². The second-order valence-corrected chi connectivity index (χ2v) is 6.62. The van der Waals surface area contributed by atoms with Gasteiger partial charge in [0.05, 0.1) is 14.2 Å². The number of benzene rings is 3. The number of rotatable bonds is 5. The van der Waals surface area contributed by atoms with E-state index in [1.807, 2.05) is 18.2 Å². The van der Waals surface area contributed by atoms with Crippen molar-refractivity contribution >= 4 is 5.97 Å². The Bertz CT molecular complexity index is 951. The molecule has 1 aliphatic rings. The molecule has 0 heterocycles. The second kappa shape index (κ2) is 7.25. The van der Waals surface area contributed by atoms with Crippen molar-refractivity contribution in [3.05, 3.63) is 89.0 Å². The molecule has 4 nitrogen and oxygen atoms in total. The number of carbonyl (C=O) groups excluding carboxylic acids is 1. The second-order valence-electron chi connectivity index (χ2n) is 6.62. The number of hydrogen-bond acceptors (Lipinski definition) is 3. The number of hydrogen-bond donors (Lipinski definition) is 1. The number of carbonyl (C=O) groups is 1. The van der Waals surface area contributed by atoms with E-state index in [2.05, 4.69) is 53.8 Å². The van der Waals surface area contributed by atoms with Crippen LogP contribution in [0.1, 0.15) is 33.1 Å². The van der Waals surface area contributed by atoms with E-state index >= 15 is 0 Å². The Morgan fingerprint density at radius 3 is 2.15 bits per heavy atom. The normalized spacial score (nSPS) is 12.4. The molecule has 27 heavy (non-hydrogen) atoms. The highest BCUT2D eigenvalue weighted by Crippen LogP contribution is 2.41. The van der Waals surface area contributed by atoms with Crippen molar-refractivity contribution in [1.29, 1.82) is 0 Å².